The molecule has 1 amide bonds. The van der Waals surface area contributed by atoms with Gasteiger partial charge in [0.05, 0.1) is 6.61 Å². The predicted molar refractivity (Wildman–Crippen MR) is 64.4 cm³/mol. The highest BCUT2D eigenvalue weighted by atomic mass is 16.6. The molecule has 6 heteroatoms. The number of hydrogen-bond acceptors (Lipinski definition) is 4. The van der Waals surface area contributed by atoms with Crippen LogP contribution in [0.25, 0.3) is 0 Å². The second-order valence-electron chi connectivity index (χ2n) is 5.51. The van der Waals surface area contributed by atoms with Gasteiger partial charge in [-0.05, 0) is 33.6 Å². The molecule has 1 aliphatic heterocycles. The lowest BCUT2D eigenvalue weighted by Crippen LogP contribution is -2.57. The Labute approximate surface area is 107 Å². The lowest BCUT2D eigenvalue weighted by Gasteiger charge is -2.35. The Bertz CT molecular complexity index is 336. The topological polar surface area (TPSA) is 76.1 Å². The highest BCUT2D eigenvalue weighted by Crippen LogP contribution is 2.31. The number of amides is 1. The van der Waals surface area contributed by atoms with E-state index in [-0.39, 0.29) is 6.61 Å². The SMILES string of the molecule is COC[C@]1(C(=O)O)CCCN1C(=O)OC(C)(C)C. The van der Waals surface area contributed by atoms with Crippen molar-refractivity contribution in [3.05, 3.63) is 0 Å². The lowest BCUT2D eigenvalue weighted by atomic mass is 9.98. The van der Waals surface area contributed by atoms with Gasteiger partial charge < -0.3 is 14.6 Å². The molecule has 0 aromatic heterocycles. The van der Waals surface area contributed by atoms with Gasteiger partial charge in [0.25, 0.3) is 0 Å². The zero-order valence-corrected chi connectivity index (χ0v) is 11.4. The van der Waals surface area contributed by atoms with Crippen LogP contribution >= 0.6 is 0 Å². The fraction of sp³-hybridized carbons (Fsp3) is 0.833. The van der Waals surface area contributed by atoms with Gasteiger partial charge in [0.1, 0.15) is 5.60 Å². The number of methoxy groups -OCH3 is 1. The molecule has 1 aliphatic rings. The van der Waals surface area contributed by atoms with Gasteiger partial charge in [-0.2, -0.15) is 0 Å². The minimum Gasteiger partial charge on any atom is -0.479 e. The maximum absolute atomic E-state index is 12.0. The van der Waals surface area contributed by atoms with Crippen molar-refractivity contribution in [2.45, 2.75) is 44.8 Å². The third-order valence-electron chi connectivity index (χ3n) is 2.88. The largest absolute Gasteiger partial charge is 0.479 e. The average molecular weight is 259 g/mol. The van der Waals surface area contributed by atoms with Crippen LogP contribution in [0.1, 0.15) is 33.6 Å². The van der Waals surface area contributed by atoms with E-state index in [0.717, 1.165) is 0 Å². The quantitative estimate of drug-likeness (QED) is 0.831. The number of hydrogen-bond donors (Lipinski definition) is 1. The monoisotopic (exact) mass is 259 g/mol. The molecule has 18 heavy (non-hydrogen) atoms. The van der Waals surface area contributed by atoms with E-state index >= 15 is 0 Å². The van der Waals surface area contributed by atoms with Gasteiger partial charge in [-0.25, -0.2) is 9.59 Å². The Balaban J connectivity index is 2.92. The second kappa shape index (κ2) is 5.14. The summed E-state index contributed by atoms with van der Waals surface area (Å²) >= 11 is 0. The first-order valence-corrected chi connectivity index (χ1v) is 5.96. The summed E-state index contributed by atoms with van der Waals surface area (Å²) in [6.45, 7) is 5.60. The Morgan fingerprint density at radius 2 is 2.00 bits per heavy atom. The van der Waals surface area contributed by atoms with Crippen LogP contribution in [0.2, 0.25) is 0 Å². The van der Waals surface area contributed by atoms with Crippen LogP contribution in [0.15, 0.2) is 0 Å². The van der Waals surface area contributed by atoms with Crippen molar-refractivity contribution in [1.29, 1.82) is 0 Å². The summed E-state index contributed by atoms with van der Waals surface area (Å²) in [6.07, 6.45) is 0.420. The smallest absolute Gasteiger partial charge is 0.411 e. The van der Waals surface area contributed by atoms with E-state index in [4.69, 9.17) is 9.47 Å². The van der Waals surface area contributed by atoms with E-state index in [1.807, 2.05) is 0 Å². The van der Waals surface area contributed by atoms with E-state index in [1.165, 1.54) is 12.0 Å². The van der Waals surface area contributed by atoms with Gasteiger partial charge in [-0.3, -0.25) is 4.90 Å². The van der Waals surface area contributed by atoms with E-state index < -0.39 is 23.2 Å². The highest BCUT2D eigenvalue weighted by molar-refractivity contribution is 5.85. The molecule has 1 rings (SSSR count). The van der Waals surface area contributed by atoms with Crippen LogP contribution in [0.4, 0.5) is 4.79 Å². The molecule has 0 saturated carbocycles. The minimum atomic E-state index is -1.29. The molecule has 104 valence electrons. The van der Waals surface area contributed by atoms with E-state index in [0.29, 0.717) is 19.4 Å². The average Bonchev–Trinajstić information content (AvgIpc) is 2.60. The second-order valence-corrected chi connectivity index (χ2v) is 5.51. The molecule has 1 fully saturated rings. The number of aliphatic carboxylic acids is 1. The first-order valence-electron chi connectivity index (χ1n) is 5.96. The number of carbonyl (C=O) groups is 2. The van der Waals surface area contributed by atoms with Crippen LogP contribution in [0, 0.1) is 0 Å². The molecule has 0 unspecified atom stereocenters. The summed E-state index contributed by atoms with van der Waals surface area (Å²) in [7, 11) is 1.43. The third kappa shape index (κ3) is 2.93. The fourth-order valence-corrected chi connectivity index (χ4v) is 2.13. The number of nitrogens with zero attached hydrogens (tertiary/aromatic N) is 1. The summed E-state index contributed by atoms with van der Waals surface area (Å²) in [4.78, 5) is 24.8. The zero-order valence-electron chi connectivity index (χ0n) is 11.4. The minimum absolute atomic E-state index is 0.0262. The van der Waals surface area contributed by atoms with E-state index in [2.05, 4.69) is 0 Å². The van der Waals surface area contributed by atoms with E-state index in [9.17, 15) is 14.7 Å². The van der Waals surface area contributed by atoms with Gasteiger partial charge >= 0.3 is 12.1 Å². The fourth-order valence-electron chi connectivity index (χ4n) is 2.13. The van der Waals surface area contributed by atoms with Gasteiger partial charge in [0.15, 0.2) is 5.54 Å². The van der Waals surface area contributed by atoms with Crippen LogP contribution in [0.5, 0.6) is 0 Å². The standard InChI is InChI=1S/C12H21NO5/c1-11(2,3)18-10(16)13-7-5-6-12(13,8-17-4)9(14)15/h5-8H2,1-4H3,(H,14,15)/t12-/m0/s1. The highest BCUT2D eigenvalue weighted by Gasteiger charge is 2.51. The molecule has 0 aromatic rings. The van der Waals surface area contributed by atoms with Gasteiger partial charge in [-0.15, -0.1) is 0 Å². The van der Waals surface area contributed by atoms with E-state index in [1.54, 1.807) is 20.8 Å². The molecule has 1 heterocycles. The van der Waals surface area contributed by atoms with Crippen LogP contribution < -0.4 is 0 Å². The molecule has 6 nitrogen and oxygen atoms in total. The first-order chi connectivity index (χ1) is 8.23. The lowest BCUT2D eigenvalue weighted by molar-refractivity contribution is -0.152. The predicted octanol–water partition coefficient (Wildman–Crippen LogP) is 1.49. The summed E-state index contributed by atoms with van der Waals surface area (Å²) in [6, 6.07) is 0. The van der Waals surface area contributed by atoms with Crippen LogP contribution in [0.3, 0.4) is 0 Å². The number of likely N-dealkylation sites (tertiary alicyclic amines) is 1. The Hall–Kier alpha value is -1.30. The molecule has 0 bridgehead atoms. The first kappa shape index (κ1) is 14.8. The van der Waals surface area contributed by atoms with Crippen molar-refractivity contribution >= 4 is 12.1 Å². The number of carboxylic acids is 1. The molecule has 1 saturated heterocycles. The van der Waals surface area contributed by atoms with Gasteiger partial charge in [0, 0.05) is 13.7 Å². The van der Waals surface area contributed by atoms with Gasteiger partial charge in [-0.1, -0.05) is 0 Å². The molecule has 0 spiro atoms. The summed E-state index contributed by atoms with van der Waals surface area (Å²) in [5.74, 6) is -1.05. The Morgan fingerprint density at radius 3 is 2.44 bits per heavy atom. The van der Waals surface area contributed by atoms with Crippen LogP contribution in [-0.4, -0.2) is 53.5 Å². The molecular weight excluding hydrogens is 238 g/mol. The van der Waals surface area contributed by atoms with Crippen LogP contribution in [-0.2, 0) is 14.3 Å². The van der Waals surface area contributed by atoms with Crippen molar-refractivity contribution in [1.82, 2.24) is 4.90 Å². The summed E-state index contributed by atoms with van der Waals surface area (Å²) in [5.41, 5.74) is -1.94. The number of rotatable bonds is 3. The maximum atomic E-state index is 12.0. The van der Waals surface area contributed by atoms with Crippen molar-refractivity contribution in [3.63, 3.8) is 0 Å². The molecule has 1 N–H and O–H groups in total. The molecule has 0 aromatic carbocycles. The zero-order chi connectivity index (χ0) is 14.0. The Morgan fingerprint density at radius 1 is 1.39 bits per heavy atom. The molecule has 0 aliphatic carbocycles. The van der Waals surface area contributed by atoms with Crippen molar-refractivity contribution in [3.8, 4) is 0 Å². The van der Waals surface area contributed by atoms with Crippen molar-refractivity contribution in [2.24, 2.45) is 0 Å². The maximum Gasteiger partial charge on any atom is 0.411 e. The summed E-state index contributed by atoms with van der Waals surface area (Å²) in [5, 5.41) is 9.38. The van der Waals surface area contributed by atoms with Gasteiger partial charge in [0.2, 0.25) is 0 Å². The van der Waals surface area contributed by atoms with Crippen molar-refractivity contribution in [2.75, 3.05) is 20.3 Å². The molecule has 1 atom stereocenters. The number of ether oxygens (including phenoxy) is 2. The van der Waals surface area contributed by atoms with Crippen molar-refractivity contribution < 1.29 is 24.2 Å². The number of carboxylic acid groups (broad SMARTS) is 1. The third-order valence-corrected chi connectivity index (χ3v) is 2.88. The molecular formula is C12H21NO5. The normalized spacial score (nSPS) is 24.1. The summed E-state index contributed by atoms with van der Waals surface area (Å²) < 4.78 is 10.2. The number of carbonyl (C=O) groups excluding carboxylic acids is 1. The molecule has 0 radical (unpaired) electrons. The Kier molecular flexibility index (Phi) is 4.21.